The SMILES string of the molecule is O=C(N[C@H]1CCC[C@@H](n2c(-c3ccccc3F)nc3cnc(-c4ncn[nH]4)cc32)C1)c1cc(Cl)ccc1CO. The number of halogens is 2. The average molecular weight is 546 g/mol. The number of nitrogens with one attached hydrogen (secondary N) is 2. The molecule has 1 saturated carbocycles. The van der Waals surface area contributed by atoms with Gasteiger partial charge in [0.1, 0.15) is 29.2 Å². The lowest BCUT2D eigenvalue weighted by Crippen LogP contribution is -2.39. The van der Waals surface area contributed by atoms with E-state index in [1.165, 1.54) is 12.4 Å². The lowest BCUT2D eigenvalue weighted by Gasteiger charge is -2.32. The van der Waals surface area contributed by atoms with E-state index in [1.807, 2.05) is 6.07 Å². The molecule has 6 rings (SSSR count). The van der Waals surface area contributed by atoms with Gasteiger partial charge in [-0.25, -0.2) is 14.4 Å². The van der Waals surface area contributed by atoms with Crippen LogP contribution >= 0.6 is 11.6 Å². The van der Waals surface area contributed by atoms with Crippen molar-refractivity contribution in [1.29, 1.82) is 0 Å². The number of H-pyrrole nitrogens is 1. The number of hydrogen-bond donors (Lipinski definition) is 3. The second-order valence-corrected chi connectivity index (χ2v) is 10.1. The summed E-state index contributed by atoms with van der Waals surface area (Å²) in [6.07, 6.45) is 6.18. The smallest absolute Gasteiger partial charge is 0.251 e. The largest absolute Gasteiger partial charge is 0.392 e. The van der Waals surface area contributed by atoms with Gasteiger partial charge in [-0.2, -0.15) is 5.10 Å². The van der Waals surface area contributed by atoms with Crippen molar-refractivity contribution >= 4 is 28.5 Å². The van der Waals surface area contributed by atoms with Gasteiger partial charge in [0.15, 0.2) is 5.82 Å². The van der Waals surface area contributed by atoms with Gasteiger partial charge in [-0.1, -0.05) is 29.8 Å². The minimum atomic E-state index is -0.365. The summed E-state index contributed by atoms with van der Waals surface area (Å²) in [5.41, 5.74) is 3.29. The Kier molecular flexibility index (Phi) is 6.80. The fourth-order valence-corrected chi connectivity index (χ4v) is 5.52. The molecule has 1 amide bonds. The molecule has 3 aromatic heterocycles. The first-order valence-corrected chi connectivity index (χ1v) is 13.1. The standard InChI is InChI=1S/C28H25ClFN7O2/c29-17-9-8-16(14-38)21(10-17)28(39)34-18-4-3-5-19(11-18)37-25-12-23(26-32-15-33-36-26)31-13-24(25)35-27(37)20-6-1-2-7-22(20)30/h1-2,6-10,12-13,15,18-19,38H,3-5,11,14H2,(H,34,39)(H,32,33,36)/t18-,19+/m0/s1. The minimum absolute atomic E-state index is 0.0645. The van der Waals surface area contributed by atoms with Crippen molar-refractivity contribution in [2.24, 2.45) is 0 Å². The number of carbonyl (C=O) groups excluding carboxylic acids is 1. The first-order valence-electron chi connectivity index (χ1n) is 12.7. The second-order valence-electron chi connectivity index (χ2n) is 9.63. The Balaban J connectivity index is 1.38. The number of fused-ring (bicyclic) bond motifs is 1. The molecule has 3 heterocycles. The van der Waals surface area contributed by atoms with E-state index in [1.54, 1.807) is 42.6 Å². The Hall–Kier alpha value is -4.15. The van der Waals surface area contributed by atoms with Crippen LogP contribution in [0.25, 0.3) is 33.9 Å². The van der Waals surface area contributed by atoms with E-state index in [0.29, 0.717) is 51.0 Å². The van der Waals surface area contributed by atoms with Crippen LogP contribution in [0.2, 0.25) is 5.02 Å². The van der Waals surface area contributed by atoms with E-state index in [9.17, 15) is 9.90 Å². The summed E-state index contributed by atoms with van der Waals surface area (Å²) in [5, 5.41) is 20.0. The Morgan fingerprint density at radius 2 is 2.05 bits per heavy atom. The molecule has 2 atom stereocenters. The van der Waals surface area contributed by atoms with Crippen LogP contribution in [0.5, 0.6) is 0 Å². The van der Waals surface area contributed by atoms with Crippen molar-refractivity contribution in [1.82, 2.24) is 35.0 Å². The zero-order valence-electron chi connectivity index (χ0n) is 20.8. The highest BCUT2D eigenvalue weighted by Crippen LogP contribution is 2.37. The van der Waals surface area contributed by atoms with Crippen LogP contribution in [0.4, 0.5) is 4.39 Å². The second kappa shape index (κ2) is 10.5. The van der Waals surface area contributed by atoms with Crippen LogP contribution in [0.15, 0.2) is 61.1 Å². The van der Waals surface area contributed by atoms with E-state index in [2.05, 4.69) is 30.0 Å². The number of nitrogens with zero attached hydrogens (tertiary/aromatic N) is 5. The summed E-state index contributed by atoms with van der Waals surface area (Å²) in [6, 6.07) is 13.1. The summed E-state index contributed by atoms with van der Waals surface area (Å²) >= 11 is 6.13. The summed E-state index contributed by atoms with van der Waals surface area (Å²) in [6.45, 7) is -0.262. The van der Waals surface area contributed by atoms with Gasteiger partial charge in [0, 0.05) is 22.7 Å². The molecule has 0 saturated heterocycles. The van der Waals surface area contributed by atoms with E-state index >= 15 is 4.39 Å². The zero-order valence-corrected chi connectivity index (χ0v) is 21.6. The van der Waals surface area contributed by atoms with Gasteiger partial charge in [0.25, 0.3) is 5.91 Å². The van der Waals surface area contributed by atoms with Crippen molar-refractivity contribution in [2.75, 3.05) is 0 Å². The van der Waals surface area contributed by atoms with Crippen LogP contribution in [-0.4, -0.2) is 46.8 Å². The number of rotatable bonds is 6. The molecule has 11 heteroatoms. The average Bonchev–Trinajstić information content (AvgIpc) is 3.61. The fraction of sp³-hybridized carbons (Fsp3) is 0.250. The van der Waals surface area contributed by atoms with Crippen molar-refractivity contribution in [2.45, 2.75) is 44.4 Å². The van der Waals surface area contributed by atoms with Gasteiger partial charge >= 0.3 is 0 Å². The number of imidazole rings is 1. The maximum Gasteiger partial charge on any atom is 0.251 e. The molecule has 5 aromatic rings. The van der Waals surface area contributed by atoms with Crippen LogP contribution in [0, 0.1) is 5.82 Å². The Labute approximate surface area is 228 Å². The molecule has 198 valence electrons. The maximum atomic E-state index is 15.0. The third-order valence-electron chi connectivity index (χ3n) is 7.18. The van der Waals surface area contributed by atoms with Gasteiger partial charge in [-0.05, 0) is 61.6 Å². The molecule has 0 unspecified atom stereocenters. The summed E-state index contributed by atoms with van der Waals surface area (Å²) in [4.78, 5) is 26.7. The van der Waals surface area contributed by atoms with Crippen LogP contribution < -0.4 is 5.32 Å². The molecule has 0 aliphatic heterocycles. The molecule has 1 fully saturated rings. The Morgan fingerprint density at radius 3 is 2.85 bits per heavy atom. The number of aromatic nitrogens is 6. The molecule has 1 aliphatic carbocycles. The van der Waals surface area contributed by atoms with Gasteiger partial charge in [-0.15, -0.1) is 0 Å². The highest BCUT2D eigenvalue weighted by atomic mass is 35.5. The van der Waals surface area contributed by atoms with E-state index in [0.717, 1.165) is 24.8 Å². The lowest BCUT2D eigenvalue weighted by atomic mass is 9.90. The number of aliphatic hydroxyl groups is 1. The van der Waals surface area contributed by atoms with E-state index in [-0.39, 0.29) is 30.4 Å². The molecule has 9 nitrogen and oxygen atoms in total. The first-order chi connectivity index (χ1) is 19.0. The zero-order chi connectivity index (χ0) is 26.9. The maximum absolute atomic E-state index is 15.0. The van der Waals surface area contributed by atoms with Gasteiger partial charge in [0.2, 0.25) is 0 Å². The number of amides is 1. The van der Waals surface area contributed by atoms with E-state index in [4.69, 9.17) is 16.6 Å². The highest BCUT2D eigenvalue weighted by molar-refractivity contribution is 6.31. The molecule has 0 radical (unpaired) electrons. The van der Waals surface area contributed by atoms with Crippen LogP contribution in [0.1, 0.15) is 47.6 Å². The monoisotopic (exact) mass is 545 g/mol. The number of aromatic amines is 1. The summed E-state index contributed by atoms with van der Waals surface area (Å²) in [7, 11) is 0. The number of hydrogen-bond acceptors (Lipinski definition) is 6. The number of pyridine rings is 1. The minimum Gasteiger partial charge on any atom is -0.392 e. The highest BCUT2D eigenvalue weighted by Gasteiger charge is 2.29. The molecule has 39 heavy (non-hydrogen) atoms. The first kappa shape index (κ1) is 25.1. The van der Waals surface area contributed by atoms with Crippen molar-refractivity contribution in [3.8, 4) is 22.9 Å². The predicted molar refractivity (Wildman–Crippen MR) is 144 cm³/mol. The molecule has 0 spiro atoms. The quantitative estimate of drug-likeness (QED) is 0.273. The third-order valence-corrected chi connectivity index (χ3v) is 7.42. The topological polar surface area (TPSA) is 122 Å². The van der Waals surface area contributed by atoms with Crippen molar-refractivity contribution in [3.05, 3.63) is 83.0 Å². The summed E-state index contributed by atoms with van der Waals surface area (Å²) < 4.78 is 17.1. The van der Waals surface area contributed by atoms with Gasteiger partial charge < -0.3 is 15.0 Å². The number of aliphatic hydroxyl groups excluding tert-OH is 1. The van der Waals surface area contributed by atoms with Crippen LogP contribution in [0.3, 0.4) is 0 Å². The van der Waals surface area contributed by atoms with Gasteiger partial charge in [-0.3, -0.25) is 14.9 Å². The molecular weight excluding hydrogens is 521 g/mol. The predicted octanol–water partition coefficient (Wildman–Crippen LogP) is 5.08. The molecule has 1 aliphatic rings. The lowest BCUT2D eigenvalue weighted by molar-refractivity contribution is 0.0918. The fourth-order valence-electron chi connectivity index (χ4n) is 5.35. The molecule has 0 bridgehead atoms. The summed E-state index contributed by atoms with van der Waals surface area (Å²) in [5.74, 6) is 0.380. The van der Waals surface area contributed by atoms with Crippen LogP contribution in [-0.2, 0) is 6.61 Å². The van der Waals surface area contributed by atoms with Crippen molar-refractivity contribution < 1.29 is 14.3 Å². The van der Waals surface area contributed by atoms with Crippen molar-refractivity contribution in [3.63, 3.8) is 0 Å². The number of carbonyl (C=O) groups is 1. The Morgan fingerprint density at radius 1 is 1.18 bits per heavy atom. The number of benzene rings is 2. The molecule has 3 N–H and O–H groups in total. The van der Waals surface area contributed by atoms with E-state index < -0.39 is 0 Å². The van der Waals surface area contributed by atoms with Gasteiger partial charge in [0.05, 0.1) is 23.9 Å². The normalized spacial score (nSPS) is 17.4. The third kappa shape index (κ3) is 4.88. The molecular formula is C28H25ClFN7O2. The Bertz CT molecular complexity index is 1650. The molecule has 2 aromatic carbocycles.